The molecule has 2 atom stereocenters. The van der Waals surface area contributed by atoms with Crippen molar-refractivity contribution >= 4 is 11.8 Å². The second-order valence-electron chi connectivity index (χ2n) is 3.93. The van der Waals surface area contributed by atoms with Gasteiger partial charge in [-0.3, -0.25) is 9.97 Å². The van der Waals surface area contributed by atoms with Crippen LogP contribution in [0.15, 0.2) is 48.8 Å². The summed E-state index contributed by atoms with van der Waals surface area (Å²) in [5, 5.41) is 0.765. The Hall–Kier alpha value is -1.35. The summed E-state index contributed by atoms with van der Waals surface area (Å²) in [6.45, 7) is 4.37. The molecule has 0 aliphatic carbocycles. The first-order valence-corrected chi connectivity index (χ1v) is 6.69. The molecule has 0 aliphatic rings. The topological polar surface area (TPSA) is 25.8 Å². The molecule has 0 aromatic carbocycles. The predicted molar refractivity (Wildman–Crippen MR) is 72.9 cm³/mol. The van der Waals surface area contributed by atoms with Gasteiger partial charge >= 0.3 is 0 Å². The van der Waals surface area contributed by atoms with Crippen LogP contribution in [0.5, 0.6) is 0 Å². The van der Waals surface area contributed by atoms with Crippen LogP contribution in [0.1, 0.15) is 35.7 Å². The normalized spacial score (nSPS) is 14.2. The quantitative estimate of drug-likeness (QED) is 0.812. The van der Waals surface area contributed by atoms with E-state index in [2.05, 4.69) is 35.9 Å². The SMILES string of the molecule is CC(SC(C)c1ccccn1)c1ccccn1. The molecule has 2 aromatic rings. The molecule has 0 N–H and O–H groups in total. The van der Waals surface area contributed by atoms with Crippen molar-refractivity contribution in [1.82, 2.24) is 9.97 Å². The molecule has 2 rings (SSSR count). The van der Waals surface area contributed by atoms with E-state index in [-0.39, 0.29) is 0 Å². The van der Waals surface area contributed by atoms with Crippen molar-refractivity contribution in [2.75, 3.05) is 0 Å². The minimum absolute atomic E-state index is 0.383. The van der Waals surface area contributed by atoms with Crippen molar-refractivity contribution in [3.05, 3.63) is 60.2 Å². The molecular formula is C14H16N2S. The van der Waals surface area contributed by atoms with Gasteiger partial charge < -0.3 is 0 Å². The zero-order valence-corrected chi connectivity index (χ0v) is 10.9. The Morgan fingerprint density at radius 2 is 1.29 bits per heavy atom. The van der Waals surface area contributed by atoms with Gasteiger partial charge in [0.15, 0.2) is 0 Å². The summed E-state index contributed by atoms with van der Waals surface area (Å²) in [4.78, 5) is 8.77. The number of aromatic nitrogens is 2. The van der Waals surface area contributed by atoms with Crippen LogP contribution in [0.2, 0.25) is 0 Å². The van der Waals surface area contributed by atoms with Crippen molar-refractivity contribution in [1.29, 1.82) is 0 Å². The summed E-state index contributed by atoms with van der Waals surface area (Å²) in [5.41, 5.74) is 2.25. The lowest BCUT2D eigenvalue weighted by atomic mass is 10.3. The zero-order chi connectivity index (χ0) is 12.1. The lowest BCUT2D eigenvalue weighted by Gasteiger charge is -2.16. The summed E-state index contributed by atoms with van der Waals surface area (Å²) in [6, 6.07) is 12.1. The molecule has 88 valence electrons. The van der Waals surface area contributed by atoms with Crippen LogP contribution in [0.3, 0.4) is 0 Å². The number of pyridine rings is 2. The minimum atomic E-state index is 0.383. The van der Waals surface area contributed by atoms with Gasteiger partial charge in [0, 0.05) is 22.9 Å². The summed E-state index contributed by atoms with van der Waals surface area (Å²) >= 11 is 1.88. The lowest BCUT2D eigenvalue weighted by molar-refractivity contribution is 0.958. The largest absolute Gasteiger partial charge is 0.260 e. The number of thioether (sulfide) groups is 1. The molecule has 0 bridgehead atoms. The summed E-state index contributed by atoms with van der Waals surface area (Å²) in [6.07, 6.45) is 3.69. The molecule has 2 aromatic heterocycles. The van der Waals surface area contributed by atoms with E-state index in [9.17, 15) is 0 Å². The Balaban J connectivity index is 2.02. The van der Waals surface area contributed by atoms with Crippen molar-refractivity contribution in [3.8, 4) is 0 Å². The third-order valence-corrected chi connectivity index (χ3v) is 3.92. The van der Waals surface area contributed by atoms with Gasteiger partial charge in [-0.1, -0.05) is 12.1 Å². The highest BCUT2D eigenvalue weighted by Crippen LogP contribution is 2.38. The Morgan fingerprint density at radius 1 is 0.824 bits per heavy atom. The Kier molecular flexibility index (Phi) is 4.15. The highest BCUT2D eigenvalue weighted by atomic mass is 32.2. The monoisotopic (exact) mass is 244 g/mol. The van der Waals surface area contributed by atoms with E-state index in [0.29, 0.717) is 10.5 Å². The van der Waals surface area contributed by atoms with E-state index >= 15 is 0 Å². The average molecular weight is 244 g/mol. The van der Waals surface area contributed by atoms with Gasteiger partial charge in [-0.15, -0.1) is 11.8 Å². The highest BCUT2D eigenvalue weighted by molar-refractivity contribution is 7.99. The summed E-state index contributed by atoms with van der Waals surface area (Å²) < 4.78 is 0. The molecular weight excluding hydrogens is 228 g/mol. The molecule has 0 amide bonds. The Labute approximate surface area is 107 Å². The van der Waals surface area contributed by atoms with Gasteiger partial charge in [-0.05, 0) is 38.1 Å². The summed E-state index contributed by atoms with van der Waals surface area (Å²) in [5.74, 6) is 0. The summed E-state index contributed by atoms with van der Waals surface area (Å²) in [7, 11) is 0. The van der Waals surface area contributed by atoms with Gasteiger partial charge in [0.2, 0.25) is 0 Å². The molecule has 2 nitrogen and oxygen atoms in total. The lowest BCUT2D eigenvalue weighted by Crippen LogP contribution is -1.97. The molecule has 3 heteroatoms. The number of nitrogens with zero attached hydrogens (tertiary/aromatic N) is 2. The van der Waals surface area contributed by atoms with E-state index in [4.69, 9.17) is 0 Å². The van der Waals surface area contributed by atoms with Crippen molar-refractivity contribution in [2.45, 2.75) is 24.3 Å². The van der Waals surface area contributed by atoms with Crippen LogP contribution in [-0.2, 0) is 0 Å². The molecule has 2 heterocycles. The van der Waals surface area contributed by atoms with Crippen LogP contribution >= 0.6 is 11.8 Å². The van der Waals surface area contributed by atoms with Crippen molar-refractivity contribution < 1.29 is 0 Å². The maximum Gasteiger partial charge on any atom is 0.0531 e. The fourth-order valence-corrected chi connectivity index (χ4v) is 2.85. The first kappa shape index (κ1) is 12.1. The van der Waals surface area contributed by atoms with Crippen LogP contribution < -0.4 is 0 Å². The van der Waals surface area contributed by atoms with E-state index in [1.54, 1.807) is 0 Å². The van der Waals surface area contributed by atoms with E-state index < -0.39 is 0 Å². The van der Waals surface area contributed by atoms with Crippen LogP contribution in [0, 0.1) is 0 Å². The Morgan fingerprint density at radius 3 is 1.65 bits per heavy atom. The number of hydrogen-bond donors (Lipinski definition) is 0. The standard InChI is InChI=1S/C14H16N2S/c1-11(13-7-3-5-9-15-13)17-12(2)14-8-4-6-10-16-14/h3-12H,1-2H3. The maximum atomic E-state index is 4.38. The number of rotatable bonds is 4. The minimum Gasteiger partial charge on any atom is -0.260 e. The number of hydrogen-bond acceptors (Lipinski definition) is 3. The smallest absolute Gasteiger partial charge is 0.0531 e. The van der Waals surface area contributed by atoms with Gasteiger partial charge in [0.1, 0.15) is 0 Å². The van der Waals surface area contributed by atoms with Crippen LogP contribution in [-0.4, -0.2) is 9.97 Å². The van der Waals surface area contributed by atoms with Gasteiger partial charge in [-0.25, -0.2) is 0 Å². The second kappa shape index (κ2) is 5.82. The van der Waals surface area contributed by atoms with Gasteiger partial charge in [-0.2, -0.15) is 0 Å². The molecule has 0 aliphatic heterocycles. The van der Waals surface area contributed by atoms with Gasteiger partial charge in [0.25, 0.3) is 0 Å². The molecule has 0 spiro atoms. The maximum absolute atomic E-state index is 4.38. The Bertz CT molecular complexity index is 401. The first-order chi connectivity index (χ1) is 8.27. The highest BCUT2D eigenvalue weighted by Gasteiger charge is 2.14. The van der Waals surface area contributed by atoms with E-state index in [1.165, 1.54) is 0 Å². The molecule has 0 saturated heterocycles. The van der Waals surface area contributed by atoms with Crippen molar-refractivity contribution in [3.63, 3.8) is 0 Å². The van der Waals surface area contributed by atoms with E-state index in [1.807, 2.05) is 48.4 Å². The molecule has 2 unspecified atom stereocenters. The predicted octanol–water partition coefficient (Wildman–Crippen LogP) is 4.03. The molecule has 0 saturated carbocycles. The van der Waals surface area contributed by atoms with Crippen molar-refractivity contribution in [2.24, 2.45) is 0 Å². The van der Waals surface area contributed by atoms with Crippen LogP contribution in [0.25, 0.3) is 0 Å². The molecule has 0 radical (unpaired) electrons. The first-order valence-electron chi connectivity index (χ1n) is 5.74. The van der Waals surface area contributed by atoms with Crippen LogP contribution in [0.4, 0.5) is 0 Å². The third-order valence-electron chi connectivity index (χ3n) is 2.62. The van der Waals surface area contributed by atoms with Gasteiger partial charge in [0.05, 0.1) is 11.4 Å². The van der Waals surface area contributed by atoms with E-state index in [0.717, 1.165) is 11.4 Å². The molecule has 17 heavy (non-hydrogen) atoms. The molecule has 0 fully saturated rings. The fraction of sp³-hybridized carbons (Fsp3) is 0.286. The third kappa shape index (κ3) is 3.30. The average Bonchev–Trinajstić information content (AvgIpc) is 2.40. The zero-order valence-electron chi connectivity index (χ0n) is 10.1. The fourth-order valence-electron chi connectivity index (χ4n) is 1.68. The second-order valence-corrected chi connectivity index (χ2v) is 5.62.